The number of amides is 1. The quantitative estimate of drug-likeness (QED) is 0.813. The second-order valence-corrected chi connectivity index (χ2v) is 7.38. The summed E-state index contributed by atoms with van der Waals surface area (Å²) in [4.78, 5) is 11.9. The minimum absolute atomic E-state index is 0.0207. The van der Waals surface area contributed by atoms with Gasteiger partial charge in [-0.1, -0.05) is 25.0 Å². The first-order chi connectivity index (χ1) is 10.2. The zero-order valence-corrected chi connectivity index (χ0v) is 13.2. The molecule has 1 aliphatic rings. The second-order valence-electron chi connectivity index (χ2n) is 5.55. The van der Waals surface area contributed by atoms with Crippen LogP contribution >= 0.6 is 0 Å². The molecule has 2 rings (SSSR count). The van der Waals surface area contributed by atoms with E-state index >= 15 is 0 Å². The molecule has 0 aliphatic heterocycles. The fourth-order valence-electron chi connectivity index (χ4n) is 2.69. The monoisotopic (exact) mass is 308 g/mol. The van der Waals surface area contributed by atoms with Gasteiger partial charge in [-0.3, -0.25) is 9.00 Å². The van der Waals surface area contributed by atoms with Gasteiger partial charge in [0.25, 0.3) is 0 Å². The van der Waals surface area contributed by atoms with Crippen molar-refractivity contribution in [1.29, 1.82) is 0 Å². The number of carbonyl (C=O) groups is 1. The first-order valence-electron chi connectivity index (χ1n) is 7.65. The minimum atomic E-state index is -0.760. The molecule has 1 aromatic rings. The summed E-state index contributed by atoms with van der Waals surface area (Å²) < 4.78 is 12.0. The lowest BCUT2D eigenvalue weighted by molar-refractivity contribution is -0.116. The largest absolute Gasteiger partial charge is 0.326 e. The van der Waals surface area contributed by atoms with Crippen molar-refractivity contribution < 1.29 is 9.00 Å². The molecule has 0 spiro atoms. The van der Waals surface area contributed by atoms with Gasteiger partial charge in [-0.25, -0.2) is 0 Å². The Morgan fingerprint density at radius 2 is 2.10 bits per heavy atom. The molecular weight excluding hydrogens is 284 g/mol. The molecule has 3 N–H and O–H groups in total. The number of nitrogens with one attached hydrogen (secondary N) is 1. The van der Waals surface area contributed by atoms with Gasteiger partial charge in [0.15, 0.2) is 0 Å². The first kappa shape index (κ1) is 16.2. The van der Waals surface area contributed by atoms with Gasteiger partial charge >= 0.3 is 0 Å². The minimum Gasteiger partial charge on any atom is -0.326 e. The highest BCUT2D eigenvalue weighted by Gasteiger charge is 2.20. The van der Waals surface area contributed by atoms with E-state index in [0.717, 1.165) is 24.1 Å². The van der Waals surface area contributed by atoms with Crippen LogP contribution in [0, 0.1) is 0 Å². The maximum absolute atomic E-state index is 12.0. The van der Waals surface area contributed by atoms with E-state index in [4.69, 9.17) is 5.73 Å². The van der Waals surface area contributed by atoms with Crippen LogP contribution in [0.5, 0.6) is 0 Å². The Bertz CT molecular complexity index is 499. The molecule has 0 bridgehead atoms. The third-order valence-corrected chi connectivity index (χ3v) is 5.78. The van der Waals surface area contributed by atoms with Gasteiger partial charge in [0.1, 0.15) is 0 Å². The van der Waals surface area contributed by atoms with Crippen LogP contribution in [0.15, 0.2) is 24.3 Å². The van der Waals surface area contributed by atoms with Gasteiger partial charge in [-0.05, 0) is 37.0 Å². The van der Waals surface area contributed by atoms with E-state index in [0.29, 0.717) is 30.4 Å². The van der Waals surface area contributed by atoms with Crippen LogP contribution < -0.4 is 11.1 Å². The van der Waals surface area contributed by atoms with Crippen molar-refractivity contribution in [1.82, 2.24) is 0 Å². The van der Waals surface area contributed by atoms with E-state index < -0.39 is 10.8 Å². The van der Waals surface area contributed by atoms with Crippen LogP contribution in [0.2, 0.25) is 0 Å². The van der Waals surface area contributed by atoms with Crippen molar-refractivity contribution in [2.75, 3.05) is 11.1 Å². The molecule has 116 valence electrons. The third-order valence-electron chi connectivity index (χ3n) is 3.87. The lowest BCUT2D eigenvalue weighted by Crippen LogP contribution is -2.16. The third kappa shape index (κ3) is 5.25. The summed E-state index contributed by atoms with van der Waals surface area (Å²) in [5, 5.41) is 3.24. The maximum atomic E-state index is 12.0. The van der Waals surface area contributed by atoms with E-state index in [9.17, 15) is 9.00 Å². The Balaban J connectivity index is 1.70. The molecule has 5 heteroatoms. The van der Waals surface area contributed by atoms with Gasteiger partial charge in [0, 0.05) is 40.5 Å². The molecule has 0 saturated heterocycles. The summed E-state index contributed by atoms with van der Waals surface area (Å²) in [5.74, 6) is 0.619. The Morgan fingerprint density at radius 3 is 2.81 bits per heavy atom. The van der Waals surface area contributed by atoms with E-state index in [-0.39, 0.29) is 5.91 Å². The summed E-state index contributed by atoms with van der Waals surface area (Å²) >= 11 is 0. The topological polar surface area (TPSA) is 72.2 Å². The van der Waals surface area contributed by atoms with Crippen molar-refractivity contribution in [2.24, 2.45) is 5.73 Å². The smallest absolute Gasteiger partial charge is 0.224 e. The Hall–Kier alpha value is -1.20. The Labute approximate surface area is 129 Å². The molecule has 4 nitrogen and oxygen atoms in total. The average molecular weight is 308 g/mol. The summed E-state index contributed by atoms with van der Waals surface area (Å²) in [6.45, 7) is 0.462. The highest BCUT2D eigenvalue weighted by atomic mass is 32.2. The zero-order chi connectivity index (χ0) is 15.1. The molecule has 0 aromatic heterocycles. The van der Waals surface area contributed by atoms with Gasteiger partial charge in [0.2, 0.25) is 5.91 Å². The van der Waals surface area contributed by atoms with Crippen molar-refractivity contribution in [2.45, 2.75) is 50.3 Å². The van der Waals surface area contributed by atoms with Crippen LogP contribution in [-0.4, -0.2) is 21.1 Å². The van der Waals surface area contributed by atoms with Gasteiger partial charge in [-0.2, -0.15) is 0 Å². The molecular formula is C16H24N2O2S. The molecule has 1 aliphatic carbocycles. The van der Waals surface area contributed by atoms with Crippen molar-refractivity contribution >= 4 is 22.4 Å². The summed E-state index contributed by atoms with van der Waals surface area (Å²) in [6.07, 6.45) is 5.69. The molecule has 0 radical (unpaired) electrons. The maximum Gasteiger partial charge on any atom is 0.224 e. The normalized spacial score (nSPS) is 16.8. The zero-order valence-electron chi connectivity index (χ0n) is 12.3. The number of rotatable bonds is 7. The fourth-order valence-corrected chi connectivity index (χ4v) is 4.31. The standard InChI is InChI=1S/C16H24N2O2S/c17-12-13-5-3-6-14(11-13)18-16(19)9-4-10-21(20)15-7-1-2-8-15/h3,5-6,11,15H,1-2,4,7-10,12,17H2,(H,18,19). The predicted octanol–water partition coefficient (Wildman–Crippen LogP) is 2.56. The number of nitrogens with two attached hydrogens (primary N) is 1. The SMILES string of the molecule is NCc1cccc(NC(=O)CCCS(=O)C2CCCC2)c1. The Morgan fingerprint density at radius 1 is 1.33 bits per heavy atom. The van der Waals surface area contributed by atoms with Gasteiger partial charge in [0.05, 0.1) is 0 Å². The van der Waals surface area contributed by atoms with E-state index in [1.54, 1.807) is 0 Å². The molecule has 1 atom stereocenters. The summed E-state index contributed by atoms with van der Waals surface area (Å²) in [6, 6.07) is 7.55. The van der Waals surface area contributed by atoms with Gasteiger partial charge in [-0.15, -0.1) is 0 Å². The van der Waals surface area contributed by atoms with Crippen molar-refractivity contribution in [3.05, 3.63) is 29.8 Å². The number of hydrogen-bond acceptors (Lipinski definition) is 3. The Kier molecular flexibility index (Phi) is 6.39. The summed E-state index contributed by atoms with van der Waals surface area (Å²) in [7, 11) is -0.760. The predicted molar refractivity (Wildman–Crippen MR) is 87.5 cm³/mol. The fraction of sp³-hybridized carbons (Fsp3) is 0.562. The van der Waals surface area contributed by atoms with Crippen LogP contribution in [0.25, 0.3) is 0 Å². The van der Waals surface area contributed by atoms with E-state index in [1.165, 1.54) is 12.8 Å². The number of hydrogen-bond donors (Lipinski definition) is 2. The lowest BCUT2D eigenvalue weighted by atomic mass is 10.2. The second kappa shape index (κ2) is 8.29. The molecule has 0 heterocycles. The van der Waals surface area contributed by atoms with Gasteiger partial charge < -0.3 is 11.1 Å². The first-order valence-corrected chi connectivity index (χ1v) is 9.03. The van der Waals surface area contributed by atoms with Crippen LogP contribution in [0.1, 0.15) is 44.1 Å². The molecule has 1 amide bonds. The summed E-state index contributed by atoms with van der Waals surface area (Å²) in [5.41, 5.74) is 7.35. The van der Waals surface area contributed by atoms with Crippen LogP contribution in [-0.2, 0) is 22.1 Å². The average Bonchev–Trinajstić information content (AvgIpc) is 3.01. The van der Waals surface area contributed by atoms with Crippen LogP contribution in [0.3, 0.4) is 0 Å². The molecule has 21 heavy (non-hydrogen) atoms. The lowest BCUT2D eigenvalue weighted by Gasteiger charge is -2.09. The number of carbonyl (C=O) groups excluding carboxylic acids is 1. The number of anilines is 1. The van der Waals surface area contributed by atoms with E-state index in [1.807, 2.05) is 24.3 Å². The molecule has 1 saturated carbocycles. The number of benzene rings is 1. The molecule has 1 aromatic carbocycles. The van der Waals surface area contributed by atoms with Crippen LogP contribution in [0.4, 0.5) is 5.69 Å². The highest BCUT2D eigenvalue weighted by Crippen LogP contribution is 2.23. The van der Waals surface area contributed by atoms with E-state index in [2.05, 4.69) is 5.32 Å². The van der Waals surface area contributed by atoms with Crippen molar-refractivity contribution in [3.63, 3.8) is 0 Å². The molecule has 1 fully saturated rings. The highest BCUT2D eigenvalue weighted by molar-refractivity contribution is 7.85. The van der Waals surface area contributed by atoms with Crippen molar-refractivity contribution in [3.8, 4) is 0 Å². The molecule has 1 unspecified atom stereocenters.